The highest BCUT2D eigenvalue weighted by Crippen LogP contribution is 2.23. The number of amides is 1. The van der Waals surface area contributed by atoms with Crippen LogP contribution in [0.5, 0.6) is 0 Å². The van der Waals surface area contributed by atoms with Crippen molar-refractivity contribution in [2.75, 3.05) is 26.8 Å². The third-order valence-corrected chi connectivity index (χ3v) is 4.01. The highest BCUT2D eigenvalue weighted by atomic mass is 35.5. The molecule has 0 saturated heterocycles. The third kappa shape index (κ3) is 7.14. The van der Waals surface area contributed by atoms with Gasteiger partial charge in [-0.2, -0.15) is 5.10 Å². The Morgan fingerprint density at radius 1 is 1.10 bits per heavy atom. The third-order valence-electron chi connectivity index (χ3n) is 4.01. The van der Waals surface area contributed by atoms with Crippen molar-refractivity contribution < 1.29 is 9.53 Å². The minimum absolute atomic E-state index is 0. The van der Waals surface area contributed by atoms with Crippen molar-refractivity contribution in [1.29, 1.82) is 0 Å². The van der Waals surface area contributed by atoms with E-state index in [1.807, 2.05) is 53.3 Å². The zero-order valence-electron chi connectivity index (χ0n) is 16.1. The van der Waals surface area contributed by atoms with E-state index < -0.39 is 0 Å². The summed E-state index contributed by atoms with van der Waals surface area (Å²) in [6.07, 6.45) is 5.42. The topological polar surface area (TPSA) is 81.1 Å². The van der Waals surface area contributed by atoms with E-state index in [1.54, 1.807) is 19.5 Å². The molecule has 29 heavy (non-hydrogen) atoms. The van der Waals surface area contributed by atoms with Gasteiger partial charge in [0.05, 0.1) is 24.5 Å². The van der Waals surface area contributed by atoms with Crippen LogP contribution in [0.25, 0.3) is 16.9 Å². The van der Waals surface area contributed by atoms with Gasteiger partial charge in [0.25, 0.3) is 0 Å². The molecule has 1 amide bonds. The van der Waals surface area contributed by atoms with Crippen LogP contribution in [-0.4, -0.2) is 47.5 Å². The molecule has 0 spiro atoms. The molecule has 2 aromatic heterocycles. The molecule has 0 atom stereocenters. The Balaban J connectivity index is 0.00000210. The van der Waals surface area contributed by atoms with E-state index in [0.717, 1.165) is 22.5 Å². The Morgan fingerprint density at radius 2 is 1.83 bits per heavy atom. The number of pyridine rings is 1. The Labute approximate surface area is 182 Å². The molecule has 0 radical (unpaired) electrons. The first kappa shape index (κ1) is 24.6. The second kappa shape index (κ2) is 12.9. The van der Waals surface area contributed by atoms with Crippen LogP contribution >= 0.6 is 24.8 Å². The van der Waals surface area contributed by atoms with Crippen molar-refractivity contribution in [3.05, 3.63) is 66.6 Å². The van der Waals surface area contributed by atoms with Crippen LogP contribution < -0.4 is 10.6 Å². The molecule has 7 nitrogen and oxygen atoms in total. The molecule has 3 rings (SSSR count). The Hall–Kier alpha value is -2.45. The van der Waals surface area contributed by atoms with Crippen molar-refractivity contribution >= 4 is 30.7 Å². The molecule has 0 unspecified atom stereocenters. The van der Waals surface area contributed by atoms with Gasteiger partial charge in [-0.25, -0.2) is 4.68 Å². The first-order chi connectivity index (χ1) is 13.3. The first-order valence-electron chi connectivity index (χ1n) is 8.78. The highest BCUT2D eigenvalue weighted by Gasteiger charge is 2.13. The van der Waals surface area contributed by atoms with Crippen LogP contribution in [0.2, 0.25) is 0 Å². The lowest BCUT2D eigenvalue weighted by atomic mass is 10.1. The number of hydrogen-bond acceptors (Lipinski definition) is 5. The van der Waals surface area contributed by atoms with Crippen LogP contribution in [-0.2, 0) is 16.1 Å². The Kier molecular flexibility index (Phi) is 10.9. The molecule has 0 bridgehead atoms. The van der Waals surface area contributed by atoms with Gasteiger partial charge in [0.15, 0.2) is 0 Å². The van der Waals surface area contributed by atoms with E-state index >= 15 is 0 Å². The van der Waals surface area contributed by atoms with Gasteiger partial charge in [0, 0.05) is 49.9 Å². The summed E-state index contributed by atoms with van der Waals surface area (Å²) in [5, 5.41) is 10.7. The molecule has 156 valence electrons. The summed E-state index contributed by atoms with van der Waals surface area (Å²) in [5.74, 6) is -0.0701. The van der Waals surface area contributed by atoms with Crippen molar-refractivity contribution in [2.45, 2.75) is 6.54 Å². The molecule has 2 N–H and O–H groups in total. The fraction of sp³-hybridized carbons (Fsp3) is 0.250. The van der Waals surface area contributed by atoms with Gasteiger partial charge in [0.1, 0.15) is 0 Å². The number of methoxy groups -OCH3 is 1. The van der Waals surface area contributed by atoms with Gasteiger partial charge in [-0.3, -0.25) is 9.78 Å². The van der Waals surface area contributed by atoms with Gasteiger partial charge < -0.3 is 15.4 Å². The van der Waals surface area contributed by atoms with Crippen LogP contribution in [0.1, 0.15) is 5.56 Å². The van der Waals surface area contributed by atoms with Gasteiger partial charge in [-0.1, -0.05) is 18.2 Å². The number of halogens is 2. The molecular formula is C20H25Cl2N5O2. The number of nitrogens with zero attached hydrogens (tertiary/aromatic N) is 3. The molecule has 1 aromatic carbocycles. The van der Waals surface area contributed by atoms with Crippen molar-refractivity contribution in [2.24, 2.45) is 0 Å². The summed E-state index contributed by atoms with van der Waals surface area (Å²) in [4.78, 5) is 16.1. The lowest BCUT2D eigenvalue weighted by Crippen LogP contribution is -2.34. The smallest absolute Gasteiger partial charge is 0.234 e. The number of ether oxygens (including phenoxy) is 1. The number of rotatable bonds is 9. The van der Waals surface area contributed by atoms with Crippen LogP contribution in [0.3, 0.4) is 0 Å². The van der Waals surface area contributed by atoms with E-state index in [0.29, 0.717) is 19.7 Å². The predicted octanol–water partition coefficient (Wildman–Crippen LogP) is 2.63. The maximum Gasteiger partial charge on any atom is 0.234 e. The van der Waals surface area contributed by atoms with Gasteiger partial charge in [0.2, 0.25) is 5.91 Å². The second-order valence-corrected chi connectivity index (χ2v) is 5.97. The van der Waals surface area contributed by atoms with Crippen molar-refractivity contribution in [3.8, 4) is 16.9 Å². The minimum atomic E-state index is -0.0701. The fourth-order valence-electron chi connectivity index (χ4n) is 2.64. The maximum absolute atomic E-state index is 12.1. The molecule has 0 aliphatic carbocycles. The van der Waals surface area contributed by atoms with E-state index in [2.05, 4.69) is 15.6 Å². The lowest BCUT2D eigenvalue weighted by Gasteiger charge is -2.06. The number of para-hydroxylation sites is 1. The first-order valence-corrected chi connectivity index (χ1v) is 8.78. The summed E-state index contributed by atoms with van der Waals surface area (Å²) in [7, 11) is 1.63. The van der Waals surface area contributed by atoms with Gasteiger partial charge >= 0.3 is 0 Å². The summed E-state index contributed by atoms with van der Waals surface area (Å²) in [6.45, 7) is 1.86. The second-order valence-electron chi connectivity index (χ2n) is 5.97. The number of carbonyl (C=O) groups excluding carboxylic acids is 1. The normalized spacial score (nSPS) is 9.97. The Bertz CT molecular complexity index is 860. The van der Waals surface area contributed by atoms with Crippen LogP contribution in [0, 0.1) is 0 Å². The SMILES string of the molecule is COCCNCC(=O)NCc1cn(-c2ccccc2)nc1-c1ccncc1.Cl.Cl. The summed E-state index contributed by atoms with van der Waals surface area (Å²) in [5.41, 5.74) is 3.69. The number of aromatic nitrogens is 3. The number of carbonyl (C=O) groups is 1. The van der Waals surface area contributed by atoms with E-state index in [-0.39, 0.29) is 37.3 Å². The number of hydrogen-bond donors (Lipinski definition) is 2. The molecule has 0 fully saturated rings. The largest absolute Gasteiger partial charge is 0.383 e. The van der Waals surface area contributed by atoms with Gasteiger partial charge in [-0.05, 0) is 24.3 Å². The summed E-state index contributed by atoms with van der Waals surface area (Å²) >= 11 is 0. The lowest BCUT2D eigenvalue weighted by molar-refractivity contribution is -0.120. The Morgan fingerprint density at radius 3 is 2.52 bits per heavy atom. The highest BCUT2D eigenvalue weighted by molar-refractivity contribution is 5.85. The predicted molar refractivity (Wildman–Crippen MR) is 118 cm³/mol. The standard InChI is InChI=1S/C20H23N5O2.2ClH/c1-27-12-11-22-14-19(26)23-13-17-15-25(18-5-3-2-4-6-18)24-20(17)16-7-9-21-10-8-16;;/h2-10,15,22H,11-14H2,1H3,(H,23,26);2*1H. The van der Waals surface area contributed by atoms with E-state index in [9.17, 15) is 4.79 Å². The van der Waals surface area contributed by atoms with E-state index in [4.69, 9.17) is 9.84 Å². The zero-order chi connectivity index (χ0) is 18.9. The number of nitrogens with one attached hydrogen (secondary N) is 2. The molecule has 0 saturated carbocycles. The zero-order valence-corrected chi connectivity index (χ0v) is 17.7. The quantitative estimate of drug-likeness (QED) is 0.502. The average molecular weight is 438 g/mol. The molecule has 0 aliphatic rings. The summed E-state index contributed by atoms with van der Waals surface area (Å²) < 4.78 is 6.78. The van der Waals surface area contributed by atoms with Crippen LogP contribution in [0.4, 0.5) is 0 Å². The van der Waals surface area contributed by atoms with Gasteiger partial charge in [-0.15, -0.1) is 24.8 Å². The molecule has 0 aliphatic heterocycles. The monoisotopic (exact) mass is 437 g/mol. The molecular weight excluding hydrogens is 413 g/mol. The minimum Gasteiger partial charge on any atom is -0.383 e. The van der Waals surface area contributed by atoms with Crippen molar-refractivity contribution in [1.82, 2.24) is 25.4 Å². The van der Waals surface area contributed by atoms with Crippen molar-refractivity contribution in [3.63, 3.8) is 0 Å². The molecule has 2 heterocycles. The number of benzene rings is 1. The van der Waals surface area contributed by atoms with E-state index in [1.165, 1.54) is 0 Å². The van der Waals surface area contributed by atoms with Crippen LogP contribution in [0.15, 0.2) is 61.1 Å². The summed E-state index contributed by atoms with van der Waals surface area (Å²) in [6, 6.07) is 13.7. The fourth-order valence-corrected chi connectivity index (χ4v) is 2.64. The molecule has 9 heteroatoms. The maximum atomic E-state index is 12.1. The average Bonchev–Trinajstić information content (AvgIpc) is 3.15. The molecule has 3 aromatic rings.